The Bertz CT molecular complexity index is 1910. The Morgan fingerprint density at radius 1 is 1.15 bits per heavy atom. The summed E-state index contributed by atoms with van der Waals surface area (Å²) in [5.74, 6) is -0.194. The van der Waals surface area contributed by atoms with Crippen molar-refractivity contribution >= 4 is 51.6 Å². The molecule has 10 heteroatoms. The molecule has 0 fully saturated rings. The minimum absolute atomic E-state index is 0.178. The van der Waals surface area contributed by atoms with Crippen LogP contribution in [0.2, 0.25) is 0 Å². The number of nitrogens with one attached hydrogen (secondary N) is 2. The topological polar surface area (TPSA) is 123 Å². The zero-order chi connectivity index (χ0) is 26.9. The van der Waals surface area contributed by atoms with Crippen LogP contribution in [0.25, 0.3) is 34.3 Å². The van der Waals surface area contributed by atoms with Crippen LogP contribution in [0.1, 0.15) is 39.5 Å². The molecule has 0 saturated carbocycles. The first-order valence-electron chi connectivity index (χ1n) is 12.3. The zero-order valence-electron chi connectivity index (χ0n) is 20.9. The van der Waals surface area contributed by atoms with E-state index in [1.165, 1.54) is 11.3 Å². The van der Waals surface area contributed by atoms with E-state index in [0.717, 1.165) is 15.8 Å². The van der Waals surface area contributed by atoms with Gasteiger partial charge in [0.25, 0.3) is 11.5 Å². The second kappa shape index (κ2) is 9.99. The van der Waals surface area contributed by atoms with Gasteiger partial charge in [0.2, 0.25) is 0 Å². The number of benzene rings is 2. The highest BCUT2D eigenvalue weighted by atomic mass is 32.1. The van der Waals surface area contributed by atoms with Crippen molar-refractivity contribution in [2.45, 2.75) is 13.0 Å². The maximum absolute atomic E-state index is 14.1. The van der Waals surface area contributed by atoms with E-state index in [-0.39, 0.29) is 16.9 Å². The van der Waals surface area contributed by atoms with Gasteiger partial charge in [-0.3, -0.25) is 19.1 Å². The minimum Gasteiger partial charge on any atom is -0.382 e. The number of para-hydroxylation sites is 1. The zero-order valence-corrected chi connectivity index (χ0v) is 21.7. The number of hydrogen-bond donors (Lipinski definition) is 3. The van der Waals surface area contributed by atoms with Crippen LogP contribution in [0.5, 0.6) is 0 Å². The fourth-order valence-electron chi connectivity index (χ4n) is 4.71. The number of nitrogen functional groups attached to an aromatic ring is 1. The number of rotatable bonds is 6. The van der Waals surface area contributed by atoms with E-state index >= 15 is 0 Å². The summed E-state index contributed by atoms with van der Waals surface area (Å²) >= 11 is 1.53. The molecule has 4 N–H and O–H groups in total. The first kappa shape index (κ1) is 24.3. The summed E-state index contributed by atoms with van der Waals surface area (Å²) in [6.45, 7) is 1.84. The summed E-state index contributed by atoms with van der Waals surface area (Å²) in [6, 6.07) is 18.3. The molecular formula is C29H24N7O2S+. The summed E-state index contributed by atoms with van der Waals surface area (Å²) in [5, 5.41) is 7.31. The molecule has 0 aliphatic carbocycles. The largest absolute Gasteiger partial charge is 0.382 e. The molecule has 4 aromatic heterocycles. The van der Waals surface area contributed by atoms with Gasteiger partial charge >= 0.3 is 5.65 Å². The first-order chi connectivity index (χ1) is 19.0. The molecule has 39 heavy (non-hydrogen) atoms. The van der Waals surface area contributed by atoms with Crippen molar-refractivity contribution in [3.05, 3.63) is 117 Å². The van der Waals surface area contributed by atoms with E-state index in [0.29, 0.717) is 22.4 Å². The van der Waals surface area contributed by atoms with Crippen molar-refractivity contribution in [2.75, 3.05) is 5.73 Å². The maximum atomic E-state index is 14.1. The van der Waals surface area contributed by atoms with Gasteiger partial charge in [-0.1, -0.05) is 42.5 Å². The number of nitrogens with two attached hydrogens (primary N) is 1. The van der Waals surface area contributed by atoms with Crippen LogP contribution in [0.4, 0.5) is 5.82 Å². The lowest BCUT2D eigenvalue weighted by molar-refractivity contribution is -0.577. The second-order valence-corrected chi connectivity index (χ2v) is 9.92. The lowest BCUT2D eigenvalue weighted by atomic mass is 10.0. The molecule has 9 nitrogen and oxygen atoms in total. The highest BCUT2D eigenvalue weighted by Gasteiger charge is 2.27. The molecule has 4 heterocycles. The van der Waals surface area contributed by atoms with Gasteiger partial charge < -0.3 is 11.1 Å². The summed E-state index contributed by atoms with van der Waals surface area (Å²) in [7, 11) is 0. The number of anilines is 1. The van der Waals surface area contributed by atoms with E-state index in [1.807, 2.05) is 73.7 Å². The van der Waals surface area contributed by atoms with Gasteiger partial charge in [0.05, 0.1) is 16.9 Å². The van der Waals surface area contributed by atoms with Crippen LogP contribution >= 0.6 is 11.3 Å². The van der Waals surface area contributed by atoms with Gasteiger partial charge in [-0.2, -0.15) is 0 Å². The Labute approximate surface area is 226 Å². The molecule has 0 bridgehead atoms. The Morgan fingerprint density at radius 2 is 2.00 bits per heavy atom. The summed E-state index contributed by atoms with van der Waals surface area (Å²) in [5.41, 5.74) is 10.5. The fraction of sp³-hybridized carbons (Fsp3) is 0.0690. The van der Waals surface area contributed by atoms with E-state index in [9.17, 15) is 9.59 Å². The number of amides is 1. The lowest BCUT2D eigenvalue weighted by Crippen LogP contribution is -2.33. The monoisotopic (exact) mass is 534 g/mol. The van der Waals surface area contributed by atoms with E-state index in [2.05, 4.69) is 20.4 Å². The van der Waals surface area contributed by atoms with Crippen molar-refractivity contribution in [3.8, 4) is 5.69 Å². The van der Waals surface area contributed by atoms with E-state index in [1.54, 1.807) is 39.2 Å². The number of thiazole rings is 1. The number of aromatic amines is 1. The number of pyridine rings is 1. The molecule has 0 saturated heterocycles. The van der Waals surface area contributed by atoms with Gasteiger partial charge in [0.15, 0.2) is 11.4 Å². The quantitative estimate of drug-likeness (QED) is 0.277. The molecule has 0 aliphatic heterocycles. The Morgan fingerprint density at radius 3 is 2.79 bits per heavy atom. The predicted octanol–water partition coefficient (Wildman–Crippen LogP) is 4.15. The number of H-pyrrole nitrogens is 1. The Kier molecular flexibility index (Phi) is 6.22. The van der Waals surface area contributed by atoms with Crippen molar-refractivity contribution in [2.24, 2.45) is 0 Å². The van der Waals surface area contributed by atoms with Gasteiger partial charge in [0, 0.05) is 28.5 Å². The number of carbonyl (C=O) groups is 1. The van der Waals surface area contributed by atoms with Crippen LogP contribution in [0, 0.1) is 0 Å². The Balaban J connectivity index is 1.47. The fourth-order valence-corrected chi connectivity index (χ4v) is 5.22. The smallest absolute Gasteiger partial charge is 0.362 e. The third-order valence-electron chi connectivity index (χ3n) is 6.50. The van der Waals surface area contributed by atoms with Crippen molar-refractivity contribution in [1.82, 2.24) is 25.0 Å². The average molecular weight is 535 g/mol. The number of carbonyl (C=O) groups excluding carboxylic acids is 1. The lowest BCUT2D eigenvalue weighted by Gasteiger charge is -2.21. The molecule has 6 aromatic rings. The molecule has 0 spiro atoms. The normalized spacial score (nSPS) is 12.3. The van der Waals surface area contributed by atoms with Gasteiger partial charge in [-0.25, -0.2) is 5.10 Å². The van der Waals surface area contributed by atoms with E-state index in [4.69, 9.17) is 5.73 Å². The second-order valence-electron chi connectivity index (χ2n) is 9.00. The number of nitrogens with zero attached hydrogens (tertiary/aromatic N) is 4. The van der Waals surface area contributed by atoms with Crippen molar-refractivity contribution in [3.63, 3.8) is 0 Å². The van der Waals surface area contributed by atoms with E-state index < -0.39 is 11.9 Å². The third-order valence-corrected chi connectivity index (χ3v) is 7.24. The molecule has 192 valence electrons. The van der Waals surface area contributed by atoms with Crippen LogP contribution < -0.4 is 21.1 Å². The number of fused-ring (bicyclic) bond motifs is 2. The molecule has 1 unspecified atom stereocenters. The number of aromatic nitrogens is 5. The standard InChI is InChI=1S/C29H23N7O2S/c1-18(33-28(37)25-26(30)34-35-14-6-13-32-27(25)35)23-15-20-8-5-7-19(11-12-22-16-31-17-39-22)24(20)29(38)36(23)21-9-3-2-4-10-21/h2-18H,1H3,(H3,30,33,34,37)/p+1. The van der Waals surface area contributed by atoms with Crippen LogP contribution in [-0.4, -0.2) is 25.5 Å². The van der Waals surface area contributed by atoms with Gasteiger partial charge in [-0.15, -0.1) is 15.9 Å². The highest BCUT2D eigenvalue weighted by molar-refractivity contribution is 7.10. The third kappa shape index (κ3) is 4.47. The van der Waals surface area contributed by atoms with Crippen molar-refractivity contribution in [1.29, 1.82) is 0 Å². The molecule has 0 aliphatic rings. The number of hydrogen-bond acceptors (Lipinski definition) is 6. The van der Waals surface area contributed by atoms with Crippen LogP contribution in [-0.2, 0) is 0 Å². The first-order valence-corrected chi connectivity index (χ1v) is 13.1. The molecule has 0 radical (unpaired) electrons. The average Bonchev–Trinajstić information content (AvgIpc) is 3.59. The predicted molar refractivity (Wildman–Crippen MR) is 153 cm³/mol. The minimum atomic E-state index is -0.538. The van der Waals surface area contributed by atoms with Gasteiger partial charge in [0.1, 0.15) is 12.4 Å². The van der Waals surface area contributed by atoms with Gasteiger partial charge in [-0.05, 0) is 47.1 Å². The molecule has 1 atom stereocenters. The summed E-state index contributed by atoms with van der Waals surface area (Å²) in [6.07, 6.45) is 9.00. The molecule has 1 amide bonds. The molecule has 6 rings (SSSR count). The van der Waals surface area contributed by atoms with Crippen LogP contribution in [0.3, 0.4) is 0 Å². The summed E-state index contributed by atoms with van der Waals surface area (Å²) in [4.78, 5) is 37.0. The SMILES string of the molecule is CC(NC(=O)c1c(N)[nH][n+]2cccnc12)c1cc2cccc(C=Cc3cncs3)c2c(=O)n1-c1ccccc1. The summed E-state index contributed by atoms with van der Waals surface area (Å²) < 4.78 is 3.25. The maximum Gasteiger partial charge on any atom is 0.362 e. The Hall–Kier alpha value is -5.09. The highest BCUT2D eigenvalue weighted by Crippen LogP contribution is 2.25. The molecule has 2 aromatic carbocycles. The molecular weight excluding hydrogens is 510 g/mol. The van der Waals surface area contributed by atoms with Crippen LogP contribution in [0.15, 0.2) is 89.6 Å². The van der Waals surface area contributed by atoms with Crippen molar-refractivity contribution < 1.29 is 9.31 Å².